The van der Waals surface area contributed by atoms with Crippen molar-refractivity contribution in [3.05, 3.63) is 76.9 Å². The van der Waals surface area contributed by atoms with Crippen LogP contribution in [0.4, 0.5) is 0 Å². The van der Waals surface area contributed by atoms with Crippen LogP contribution in [0.15, 0.2) is 54.6 Å². The number of hydrogen-bond donors (Lipinski definition) is 1. The Labute approximate surface area is 126 Å². The van der Waals surface area contributed by atoms with Gasteiger partial charge in [-0.2, -0.15) is 0 Å². The van der Waals surface area contributed by atoms with Crippen molar-refractivity contribution in [1.29, 1.82) is 0 Å². The Balaban J connectivity index is 0.00000147. The first-order valence-corrected chi connectivity index (χ1v) is 7.06. The van der Waals surface area contributed by atoms with E-state index in [4.69, 9.17) is 0 Å². The molecule has 0 radical (unpaired) electrons. The van der Waals surface area contributed by atoms with Gasteiger partial charge in [0.1, 0.15) is 0 Å². The summed E-state index contributed by atoms with van der Waals surface area (Å²) in [5.41, 5.74) is 11.1. The lowest BCUT2D eigenvalue weighted by Gasteiger charge is -2.11. The van der Waals surface area contributed by atoms with Crippen LogP contribution in [-0.4, -0.2) is 6.54 Å². The largest absolute Gasteiger partial charge is 1.00 e. The number of halogens is 1. The number of rotatable bonds is 2. The van der Waals surface area contributed by atoms with Gasteiger partial charge in [-0.15, -0.1) is 0 Å². The van der Waals surface area contributed by atoms with Crippen LogP contribution in [0.5, 0.6) is 0 Å². The zero-order valence-electron chi connectivity index (χ0n) is 11.6. The van der Waals surface area contributed by atoms with Crippen molar-refractivity contribution in [1.82, 2.24) is 0 Å². The van der Waals surface area contributed by atoms with Crippen LogP contribution in [0.2, 0.25) is 0 Å². The summed E-state index contributed by atoms with van der Waals surface area (Å²) < 4.78 is 0. The van der Waals surface area contributed by atoms with Crippen LogP contribution in [-0.2, 0) is 12.8 Å². The monoisotopic (exact) mass is 285 g/mol. The Bertz CT molecular complexity index is 567. The molecule has 3 rings (SSSR count). The Morgan fingerprint density at radius 2 is 1.35 bits per heavy atom. The summed E-state index contributed by atoms with van der Waals surface area (Å²) in [4.78, 5) is 0. The Morgan fingerprint density at radius 1 is 0.850 bits per heavy atom. The van der Waals surface area contributed by atoms with E-state index in [0.717, 1.165) is 25.8 Å². The molecule has 2 aromatic carbocycles. The van der Waals surface area contributed by atoms with Crippen molar-refractivity contribution < 1.29 is 18.1 Å². The van der Waals surface area contributed by atoms with Gasteiger partial charge < -0.3 is 18.1 Å². The highest BCUT2D eigenvalue weighted by atomic mass is 35.5. The third-order valence-corrected chi connectivity index (χ3v) is 3.83. The molecule has 0 aromatic heterocycles. The van der Waals surface area contributed by atoms with E-state index in [1.54, 1.807) is 0 Å². The second-order valence-electron chi connectivity index (χ2n) is 5.07. The summed E-state index contributed by atoms with van der Waals surface area (Å²) in [5, 5.41) is 0. The van der Waals surface area contributed by atoms with Gasteiger partial charge in [-0.05, 0) is 40.7 Å². The summed E-state index contributed by atoms with van der Waals surface area (Å²) in [6, 6.07) is 17.6. The molecule has 20 heavy (non-hydrogen) atoms. The molecule has 1 aliphatic rings. The number of quaternary nitrogens is 1. The van der Waals surface area contributed by atoms with Crippen LogP contribution in [0.1, 0.15) is 28.7 Å². The predicted octanol–water partition coefficient (Wildman–Crippen LogP) is -0.147. The average Bonchev–Trinajstić information content (AvgIpc) is 2.62. The van der Waals surface area contributed by atoms with E-state index in [1.807, 2.05) is 0 Å². The van der Waals surface area contributed by atoms with E-state index in [1.165, 1.54) is 27.8 Å². The minimum absolute atomic E-state index is 0. The fraction of sp³-hybridized carbons (Fsp3) is 0.222. The highest BCUT2D eigenvalue weighted by Crippen LogP contribution is 2.33. The summed E-state index contributed by atoms with van der Waals surface area (Å²) >= 11 is 0. The third-order valence-electron chi connectivity index (χ3n) is 3.83. The van der Waals surface area contributed by atoms with Crippen LogP contribution < -0.4 is 18.1 Å². The van der Waals surface area contributed by atoms with Crippen molar-refractivity contribution in [2.45, 2.75) is 19.3 Å². The lowest BCUT2D eigenvalue weighted by atomic mass is 9.93. The molecule has 0 unspecified atom stereocenters. The normalized spacial score (nSPS) is 12.8. The third kappa shape index (κ3) is 2.79. The van der Waals surface area contributed by atoms with Crippen molar-refractivity contribution in [2.24, 2.45) is 0 Å². The molecule has 0 saturated heterocycles. The molecule has 2 aromatic rings. The van der Waals surface area contributed by atoms with Gasteiger partial charge in [0.2, 0.25) is 0 Å². The maximum atomic E-state index is 3.96. The minimum atomic E-state index is 0. The van der Waals surface area contributed by atoms with Crippen LogP contribution in [0.25, 0.3) is 5.57 Å². The van der Waals surface area contributed by atoms with E-state index < -0.39 is 0 Å². The minimum Gasteiger partial charge on any atom is -1.00 e. The second kappa shape index (κ2) is 6.74. The highest BCUT2D eigenvalue weighted by Gasteiger charge is 2.16. The van der Waals surface area contributed by atoms with Crippen molar-refractivity contribution >= 4 is 5.57 Å². The van der Waals surface area contributed by atoms with Crippen LogP contribution >= 0.6 is 0 Å². The Kier molecular flexibility index (Phi) is 4.99. The smallest absolute Gasteiger partial charge is 0.0775 e. The van der Waals surface area contributed by atoms with Gasteiger partial charge in [0.05, 0.1) is 6.54 Å². The molecule has 0 spiro atoms. The van der Waals surface area contributed by atoms with Crippen LogP contribution in [0.3, 0.4) is 0 Å². The van der Waals surface area contributed by atoms with E-state index in [0.29, 0.717) is 0 Å². The molecule has 2 heteroatoms. The zero-order chi connectivity index (χ0) is 13.1. The molecule has 0 saturated carbocycles. The summed E-state index contributed by atoms with van der Waals surface area (Å²) in [5.74, 6) is 0. The predicted molar refractivity (Wildman–Crippen MR) is 79.7 cm³/mol. The molecular formula is C18H20ClN. The molecule has 0 amide bonds. The number of aryl methyl sites for hydroxylation is 2. The lowest BCUT2D eigenvalue weighted by molar-refractivity contribution is -0.365. The average molecular weight is 286 g/mol. The zero-order valence-corrected chi connectivity index (χ0v) is 12.4. The summed E-state index contributed by atoms with van der Waals surface area (Å²) in [6.07, 6.45) is 5.66. The molecule has 0 aliphatic heterocycles. The Hall–Kier alpha value is -1.57. The molecule has 0 atom stereocenters. The van der Waals surface area contributed by atoms with E-state index >= 15 is 0 Å². The molecule has 3 N–H and O–H groups in total. The SMILES string of the molecule is [Cl-].[NH3+]CCC=C1c2ccccc2CCc2ccccc21. The van der Waals surface area contributed by atoms with Gasteiger partial charge in [-0.3, -0.25) is 0 Å². The van der Waals surface area contributed by atoms with Gasteiger partial charge >= 0.3 is 0 Å². The number of benzene rings is 2. The molecular weight excluding hydrogens is 266 g/mol. The molecule has 0 heterocycles. The first-order valence-electron chi connectivity index (χ1n) is 7.06. The molecule has 0 fully saturated rings. The van der Waals surface area contributed by atoms with Gasteiger partial charge in [0.25, 0.3) is 0 Å². The maximum absolute atomic E-state index is 3.96. The number of hydrogen-bond acceptors (Lipinski definition) is 0. The van der Waals surface area contributed by atoms with Gasteiger partial charge in [-0.25, -0.2) is 0 Å². The highest BCUT2D eigenvalue weighted by molar-refractivity contribution is 5.83. The topological polar surface area (TPSA) is 27.6 Å². The first kappa shape index (κ1) is 14.8. The molecule has 104 valence electrons. The second-order valence-corrected chi connectivity index (χ2v) is 5.07. The number of fused-ring (bicyclic) bond motifs is 2. The first-order chi connectivity index (χ1) is 9.40. The van der Waals surface area contributed by atoms with Crippen LogP contribution in [0, 0.1) is 0 Å². The quantitative estimate of drug-likeness (QED) is 0.795. The van der Waals surface area contributed by atoms with E-state index in [-0.39, 0.29) is 12.4 Å². The molecule has 0 bridgehead atoms. The Morgan fingerprint density at radius 3 is 1.85 bits per heavy atom. The van der Waals surface area contributed by atoms with Crippen molar-refractivity contribution in [3.63, 3.8) is 0 Å². The van der Waals surface area contributed by atoms with Gasteiger partial charge in [0.15, 0.2) is 0 Å². The standard InChI is InChI=1S/C18H19N.ClH/c19-13-5-10-18-16-8-3-1-6-14(16)11-12-15-7-2-4-9-17(15)18;/h1-4,6-10H,5,11-13,19H2;1H. The fourth-order valence-corrected chi connectivity index (χ4v) is 2.88. The van der Waals surface area contributed by atoms with Gasteiger partial charge in [-0.1, -0.05) is 54.6 Å². The van der Waals surface area contributed by atoms with Crippen molar-refractivity contribution in [2.75, 3.05) is 6.54 Å². The molecule has 1 aliphatic carbocycles. The lowest BCUT2D eigenvalue weighted by Crippen LogP contribution is -3.00. The van der Waals surface area contributed by atoms with E-state index in [2.05, 4.69) is 60.3 Å². The summed E-state index contributed by atoms with van der Waals surface area (Å²) in [7, 11) is 0. The van der Waals surface area contributed by atoms with E-state index in [9.17, 15) is 0 Å². The maximum Gasteiger partial charge on any atom is 0.0775 e. The summed E-state index contributed by atoms with van der Waals surface area (Å²) in [6.45, 7) is 0.952. The van der Waals surface area contributed by atoms with Gasteiger partial charge in [0, 0.05) is 6.42 Å². The van der Waals surface area contributed by atoms with Crippen molar-refractivity contribution in [3.8, 4) is 0 Å². The molecule has 1 nitrogen and oxygen atoms in total. The fourth-order valence-electron chi connectivity index (χ4n) is 2.88.